The summed E-state index contributed by atoms with van der Waals surface area (Å²) >= 11 is 12.5. The first-order chi connectivity index (χ1) is 8.80. The second-order valence-corrected chi connectivity index (χ2v) is 7.57. The van der Waals surface area contributed by atoms with Crippen LogP contribution in [0.4, 0.5) is 0 Å². The maximum atomic E-state index is 6.37. The van der Waals surface area contributed by atoms with Gasteiger partial charge in [0.2, 0.25) is 0 Å². The van der Waals surface area contributed by atoms with Crippen LogP contribution in [0.5, 0.6) is 0 Å². The molecule has 3 heteroatoms. The molecule has 1 nitrogen and oxygen atoms in total. The minimum absolute atomic E-state index is 0.189. The number of hydrogen-bond donors (Lipinski definition) is 1. The first kappa shape index (κ1) is 15.2. The van der Waals surface area contributed by atoms with Gasteiger partial charge in [0.05, 0.1) is 10.0 Å². The second kappa shape index (κ2) is 5.63. The number of benzene rings is 1. The summed E-state index contributed by atoms with van der Waals surface area (Å²) < 4.78 is 0. The predicted octanol–water partition coefficient (Wildman–Crippen LogP) is 5.25. The van der Waals surface area contributed by atoms with Gasteiger partial charge in [-0.25, -0.2) is 0 Å². The van der Waals surface area contributed by atoms with Gasteiger partial charge in [0.1, 0.15) is 0 Å². The number of halogens is 2. The Labute approximate surface area is 126 Å². The van der Waals surface area contributed by atoms with E-state index < -0.39 is 0 Å². The van der Waals surface area contributed by atoms with E-state index in [1.807, 2.05) is 12.1 Å². The average Bonchev–Trinajstić information content (AvgIpc) is 2.32. The summed E-state index contributed by atoms with van der Waals surface area (Å²) in [6, 6.07) is 6.07. The first-order valence-corrected chi connectivity index (χ1v) is 7.75. The van der Waals surface area contributed by atoms with E-state index in [4.69, 9.17) is 28.9 Å². The van der Waals surface area contributed by atoms with Crippen molar-refractivity contribution in [2.45, 2.75) is 52.0 Å². The molecule has 2 rings (SSSR count). The number of nitrogens with two attached hydrogens (primary N) is 1. The molecule has 0 saturated heterocycles. The molecule has 0 heterocycles. The molecule has 3 atom stereocenters. The van der Waals surface area contributed by atoms with E-state index in [2.05, 4.69) is 26.8 Å². The van der Waals surface area contributed by atoms with Gasteiger partial charge < -0.3 is 5.73 Å². The van der Waals surface area contributed by atoms with Crippen LogP contribution in [0.15, 0.2) is 18.2 Å². The van der Waals surface area contributed by atoms with E-state index in [1.165, 1.54) is 6.42 Å². The summed E-state index contributed by atoms with van der Waals surface area (Å²) in [5.74, 6) is 1.01. The van der Waals surface area contributed by atoms with Crippen molar-refractivity contribution in [3.63, 3.8) is 0 Å². The fourth-order valence-corrected chi connectivity index (χ4v) is 3.59. The van der Waals surface area contributed by atoms with Crippen molar-refractivity contribution in [1.29, 1.82) is 0 Å². The standard InChI is InChI=1S/C16H23Cl2N/c1-16(2,3)10-7-8-14(19)12(9-10)11-5-4-6-13(17)15(11)18/h4-6,10,12,14H,7-9,19H2,1-3H3. The Morgan fingerprint density at radius 1 is 1.16 bits per heavy atom. The Morgan fingerprint density at radius 2 is 1.84 bits per heavy atom. The van der Waals surface area contributed by atoms with Crippen LogP contribution < -0.4 is 5.73 Å². The van der Waals surface area contributed by atoms with Crippen LogP contribution in [-0.4, -0.2) is 6.04 Å². The van der Waals surface area contributed by atoms with Gasteiger partial charge in [0.15, 0.2) is 0 Å². The van der Waals surface area contributed by atoms with E-state index in [0.29, 0.717) is 27.3 Å². The summed E-state index contributed by atoms with van der Waals surface area (Å²) in [7, 11) is 0. The molecule has 106 valence electrons. The van der Waals surface area contributed by atoms with Crippen LogP contribution in [0.25, 0.3) is 0 Å². The molecular formula is C16H23Cl2N. The third kappa shape index (κ3) is 3.26. The highest BCUT2D eigenvalue weighted by atomic mass is 35.5. The SMILES string of the molecule is CC(C)(C)C1CCC(N)C(c2cccc(Cl)c2Cl)C1. The maximum Gasteiger partial charge on any atom is 0.0627 e. The van der Waals surface area contributed by atoms with E-state index >= 15 is 0 Å². The molecule has 1 aliphatic rings. The molecule has 19 heavy (non-hydrogen) atoms. The fraction of sp³-hybridized carbons (Fsp3) is 0.625. The van der Waals surface area contributed by atoms with Crippen LogP contribution in [0, 0.1) is 11.3 Å². The third-order valence-electron chi connectivity index (χ3n) is 4.51. The molecule has 2 N–H and O–H groups in total. The van der Waals surface area contributed by atoms with Crippen LogP contribution in [0.2, 0.25) is 10.0 Å². The lowest BCUT2D eigenvalue weighted by Gasteiger charge is -2.41. The third-order valence-corrected chi connectivity index (χ3v) is 5.34. The normalized spacial score (nSPS) is 28.4. The Balaban J connectivity index is 2.29. The molecule has 0 radical (unpaired) electrons. The Hall–Kier alpha value is -0.240. The smallest absolute Gasteiger partial charge is 0.0627 e. The molecule has 1 aromatic carbocycles. The predicted molar refractivity (Wildman–Crippen MR) is 84.0 cm³/mol. The summed E-state index contributed by atoms with van der Waals surface area (Å²) in [6.07, 6.45) is 3.37. The molecule has 0 amide bonds. The van der Waals surface area contributed by atoms with Crippen molar-refractivity contribution in [2.75, 3.05) is 0 Å². The van der Waals surface area contributed by atoms with Gasteiger partial charge in [0.25, 0.3) is 0 Å². The summed E-state index contributed by atoms with van der Waals surface area (Å²) in [5.41, 5.74) is 7.78. The van der Waals surface area contributed by atoms with Crippen LogP contribution >= 0.6 is 23.2 Å². The summed E-state index contributed by atoms with van der Waals surface area (Å²) in [5, 5.41) is 1.31. The minimum Gasteiger partial charge on any atom is -0.327 e. The van der Waals surface area contributed by atoms with Crippen molar-refractivity contribution in [3.05, 3.63) is 33.8 Å². The lowest BCUT2D eigenvalue weighted by Crippen LogP contribution is -2.38. The first-order valence-electron chi connectivity index (χ1n) is 7.00. The largest absolute Gasteiger partial charge is 0.327 e. The zero-order valence-electron chi connectivity index (χ0n) is 11.9. The highest BCUT2D eigenvalue weighted by molar-refractivity contribution is 6.42. The van der Waals surface area contributed by atoms with Crippen molar-refractivity contribution >= 4 is 23.2 Å². The number of hydrogen-bond acceptors (Lipinski definition) is 1. The topological polar surface area (TPSA) is 26.0 Å². The lowest BCUT2D eigenvalue weighted by atomic mass is 9.66. The van der Waals surface area contributed by atoms with Gasteiger partial charge in [-0.15, -0.1) is 0 Å². The zero-order chi connectivity index (χ0) is 14.2. The van der Waals surface area contributed by atoms with E-state index in [0.717, 1.165) is 18.4 Å². The lowest BCUT2D eigenvalue weighted by molar-refractivity contribution is 0.154. The molecular weight excluding hydrogens is 277 g/mol. The van der Waals surface area contributed by atoms with Crippen molar-refractivity contribution in [1.82, 2.24) is 0 Å². The molecule has 3 unspecified atom stereocenters. The minimum atomic E-state index is 0.189. The Bertz CT molecular complexity index is 451. The molecule has 1 fully saturated rings. The average molecular weight is 300 g/mol. The van der Waals surface area contributed by atoms with Crippen molar-refractivity contribution in [2.24, 2.45) is 17.1 Å². The monoisotopic (exact) mass is 299 g/mol. The Kier molecular flexibility index (Phi) is 4.49. The van der Waals surface area contributed by atoms with Gasteiger partial charge >= 0.3 is 0 Å². The summed E-state index contributed by atoms with van der Waals surface area (Å²) in [4.78, 5) is 0. The fourth-order valence-electron chi connectivity index (χ4n) is 3.15. The van der Waals surface area contributed by atoms with Gasteiger partial charge in [-0.3, -0.25) is 0 Å². The zero-order valence-corrected chi connectivity index (χ0v) is 13.4. The molecule has 0 aliphatic heterocycles. The van der Waals surface area contributed by atoms with Gasteiger partial charge in [-0.05, 0) is 42.2 Å². The van der Waals surface area contributed by atoms with Gasteiger partial charge in [-0.2, -0.15) is 0 Å². The summed E-state index contributed by atoms with van der Waals surface area (Å²) in [6.45, 7) is 6.93. The van der Waals surface area contributed by atoms with Gasteiger partial charge in [0, 0.05) is 12.0 Å². The second-order valence-electron chi connectivity index (χ2n) is 6.79. The van der Waals surface area contributed by atoms with E-state index in [9.17, 15) is 0 Å². The molecule has 0 aromatic heterocycles. The van der Waals surface area contributed by atoms with E-state index in [1.54, 1.807) is 0 Å². The van der Waals surface area contributed by atoms with E-state index in [-0.39, 0.29) is 6.04 Å². The quantitative estimate of drug-likeness (QED) is 0.753. The number of rotatable bonds is 1. The van der Waals surface area contributed by atoms with Crippen LogP contribution in [-0.2, 0) is 0 Å². The molecule has 1 aliphatic carbocycles. The van der Waals surface area contributed by atoms with Crippen molar-refractivity contribution in [3.8, 4) is 0 Å². The van der Waals surface area contributed by atoms with Crippen molar-refractivity contribution < 1.29 is 0 Å². The highest BCUT2D eigenvalue weighted by Crippen LogP contribution is 2.45. The van der Waals surface area contributed by atoms with Crippen LogP contribution in [0.3, 0.4) is 0 Å². The molecule has 1 saturated carbocycles. The molecule has 0 bridgehead atoms. The van der Waals surface area contributed by atoms with Crippen LogP contribution in [0.1, 0.15) is 51.5 Å². The molecule has 1 aromatic rings. The van der Waals surface area contributed by atoms with Gasteiger partial charge in [-0.1, -0.05) is 56.1 Å². The maximum absolute atomic E-state index is 6.37. The molecule has 0 spiro atoms. The highest BCUT2D eigenvalue weighted by Gasteiger charge is 2.35. The Morgan fingerprint density at radius 3 is 2.47 bits per heavy atom.